The number of carbonyl (C=O) groups excluding carboxylic acids is 5. The smallest absolute Gasteiger partial charge is 0.326 e. The van der Waals surface area contributed by atoms with Crippen molar-refractivity contribution in [3.8, 4) is 0 Å². The second kappa shape index (κ2) is 18.4. The average molecular weight is 534 g/mol. The molecule has 0 saturated carbocycles. The highest BCUT2D eigenvalue weighted by Gasteiger charge is 2.30. The second-order valence-electron chi connectivity index (χ2n) is 8.20. The summed E-state index contributed by atoms with van der Waals surface area (Å²) in [6.07, 6.45) is 2.64. The number of aliphatic carboxylic acids is 1. The van der Waals surface area contributed by atoms with Crippen molar-refractivity contribution in [2.75, 3.05) is 18.6 Å². The molecule has 36 heavy (non-hydrogen) atoms. The maximum Gasteiger partial charge on any atom is 0.326 e. The number of rotatable bonds is 20. The summed E-state index contributed by atoms with van der Waals surface area (Å²) in [6, 6.07) is -4.65. The van der Waals surface area contributed by atoms with Crippen LogP contribution in [0.25, 0.3) is 0 Å². The van der Waals surface area contributed by atoms with E-state index >= 15 is 0 Å². The minimum absolute atomic E-state index is 0.0508. The molecule has 0 bridgehead atoms. The van der Waals surface area contributed by atoms with E-state index in [0.717, 1.165) is 0 Å². The molecule has 0 aliphatic rings. The molecule has 4 unspecified atom stereocenters. The predicted octanol–water partition coefficient (Wildman–Crippen LogP) is -2.73. The molecule has 0 spiro atoms. The van der Waals surface area contributed by atoms with Gasteiger partial charge in [0, 0.05) is 12.8 Å². The van der Waals surface area contributed by atoms with Gasteiger partial charge in [-0.3, -0.25) is 24.0 Å². The predicted molar refractivity (Wildman–Crippen MR) is 134 cm³/mol. The highest BCUT2D eigenvalue weighted by atomic mass is 32.2. The highest BCUT2D eigenvalue weighted by molar-refractivity contribution is 7.98. The summed E-state index contributed by atoms with van der Waals surface area (Å²) in [4.78, 5) is 72.0. The molecular weight excluding hydrogens is 494 g/mol. The van der Waals surface area contributed by atoms with Crippen LogP contribution in [0.5, 0.6) is 0 Å². The zero-order valence-corrected chi connectivity index (χ0v) is 21.3. The minimum Gasteiger partial charge on any atom is -0.480 e. The van der Waals surface area contributed by atoms with Crippen LogP contribution >= 0.6 is 11.8 Å². The number of carboxylic acids is 1. The Morgan fingerprint density at radius 3 is 1.75 bits per heavy atom. The van der Waals surface area contributed by atoms with Crippen LogP contribution in [0.4, 0.5) is 0 Å². The SMILES string of the molecule is CSCCC(NC(=O)C(CCC(N)=O)NC(=O)C(N)CCC(N)=O)C(=O)NC(CCCCN)C(=O)O. The van der Waals surface area contributed by atoms with Crippen molar-refractivity contribution in [1.29, 1.82) is 0 Å². The molecule has 0 aliphatic carbocycles. The van der Waals surface area contributed by atoms with Gasteiger partial charge in [-0.1, -0.05) is 0 Å². The van der Waals surface area contributed by atoms with E-state index in [9.17, 15) is 33.9 Å². The third-order valence-corrected chi connectivity index (χ3v) is 5.80. The van der Waals surface area contributed by atoms with E-state index in [-0.39, 0.29) is 38.5 Å². The number of primary amides is 2. The molecule has 0 rings (SSSR count). The fourth-order valence-corrected chi connectivity index (χ4v) is 3.53. The molecule has 0 radical (unpaired) electrons. The first-order chi connectivity index (χ1) is 16.9. The van der Waals surface area contributed by atoms with Gasteiger partial charge >= 0.3 is 5.97 Å². The van der Waals surface area contributed by atoms with Crippen LogP contribution in [0.15, 0.2) is 0 Å². The third-order valence-electron chi connectivity index (χ3n) is 5.16. The molecular formula is C21H39N7O7S. The van der Waals surface area contributed by atoms with Crippen LogP contribution < -0.4 is 38.9 Å². The van der Waals surface area contributed by atoms with Gasteiger partial charge in [0.1, 0.15) is 18.1 Å². The lowest BCUT2D eigenvalue weighted by Gasteiger charge is -2.25. The van der Waals surface area contributed by atoms with E-state index in [1.54, 1.807) is 6.26 Å². The molecule has 15 heteroatoms. The number of amides is 5. The van der Waals surface area contributed by atoms with Gasteiger partial charge in [0.15, 0.2) is 0 Å². The summed E-state index contributed by atoms with van der Waals surface area (Å²) in [6.45, 7) is 0.386. The number of thioether (sulfide) groups is 1. The molecule has 0 heterocycles. The largest absolute Gasteiger partial charge is 0.480 e. The van der Waals surface area contributed by atoms with Crippen LogP contribution in [-0.2, 0) is 28.8 Å². The van der Waals surface area contributed by atoms with E-state index in [4.69, 9.17) is 22.9 Å². The monoisotopic (exact) mass is 533 g/mol. The summed E-state index contributed by atoms with van der Waals surface area (Å²) in [7, 11) is 0. The molecule has 0 aromatic heterocycles. The number of nitrogens with two attached hydrogens (primary N) is 4. The Bertz CT molecular complexity index is 769. The topological polar surface area (TPSA) is 263 Å². The molecule has 206 valence electrons. The van der Waals surface area contributed by atoms with Gasteiger partial charge in [0.05, 0.1) is 6.04 Å². The van der Waals surface area contributed by atoms with E-state index < -0.39 is 59.7 Å². The lowest BCUT2D eigenvalue weighted by atomic mass is 10.1. The number of unbranched alkanes of at least 4 members (excludes halogenated alkanes) is 1. The Labute approximate surface area is 214 Å². The van der Waals surface area contributed by atoms with Crippen LogP contribution in [0.2, 0.25) is 0 Å². The zero-order chi connectivity index (χ0) is 27.7. The third kappa shape index (κ3) is 14.5. The summed E-state index contributed by atoms with van der Waals surface area (Å²) < 4.78 is 0. The van der Waals surface area contributed by atoms with Gasteiger partial charge in [0.25, 0.3) is 0 Å². The van der Waals surface area contributed by atoms with Crippen LogP contribution in [0, 0.1) is 0 Å². The fraction of sp³-hybridized carbons (Fsp3) is 0.714. The second-order valence-corrected chi connectivity index (χ2v) is 9.19. The molecule has 4 atom stereocenters. The molecule has 0 saturated heterocycles. The minimum atomic E-state index is -1.26. The molecule has 0 aromatic rings. The molecule has 0 aromatic carbocycles. The van der Waals surface area contributed by atoms with Crippen molar-refractivity contribution in [2.24, 2.45) is 22.9 Å². The first-order valence-corrected chi connectivity index (χ1v) is 13.0. The Balaban J connectivity index is 5.47. The lowest BCUT2D eigenvalue weighted by molar-refractivity contribution is -0.142. The van der Waals surface area contributed by atoms with Crippen LogP contribution in [-0.4, -0.2) is 83.3 Å². The van der Waals surface area contributed by atoms with Gasteiger partial charge in [-0.25, -0.2) is 4.79 Å². The Morgan fingerprint density at radius 2 is 1.25 bits per heavy atom. The number of hydrogen-bond donors (Lipinski definition) is 8. The van der Waals surface area contributed by atoms with Crippen molar-refractivity contribution in [3.63, 3.8) is 0 Å². The van der Waals surface area contributed by atoms with Crippen molar-refractivity contribution in [1.82, 2.24) is 16.0 Å². The number of carbonyl (C=O) groups is 6. The quantitative estimate of drug-likeness (QED) is 0.0748. The van der Waals surface area contributed by atoms with Crippen molar-refractivity contribution < 1.29 is 33.9 Å². The normalized spacial score (nSPS) is 14.1. The van der Waals surface area contributed by atoms with E-state index in [1.807, 2.05) is 0 Å². The van der Waals surface area contributed by atoms with Gasteiger partial charge in [-0.2, -0.15) is 11.8 Å². The molecule has 14 nitrogen and oxygen atoms in total. The van der Waals surface area contributed by atoms with Crippen LogP contribution in [0.3, 0.4) is 0 Å². The molecule has 0 fully saturated rings. The fourth-order valence-electron chi connectivity index (χ4n) is 3.06. The van der Waals surface area contributed by atoms with E-state index in [0.29, 0.717) is 25.1 Å². The zero-order valence-electron chi connectivity index (χ0n) is 20.5. The molecule has 0 aliphatic heterocycles. The standard InChI is InChI=1S/C21H39N7O7S/c1-36-11-9-14(20(33)28-15(21(34)35)4-2-3-10-22)27-19(32)13(6-8-17(25)30)26-18(31)12(23)5-7-16(24)29/h12-15H,2-11,22-23H2,1H3,(H2,24,29)(H2,25,30)(H,26,31)(H,27,32)(H,28,33)(H,34,35). The number of carboxylic acid groups (broad SMARTS) is 1. The maximum atomic E-state index is 13.0. The number of hydrogen-bond acceptors (Lipinski definition) is 9. The first kappa shape index (κ1) is 33.1. The van der Waals surface area contributed by atoms with Crippen molar-refractivity contribution in [3.05, 3.63) is 0 Å². The summed E-state index contributed by atoms with van der Waals surface area (Å²) in [5.74, 6) is -4.33. The maximum absolute atomic E-state index is 13.0. The van der Waals surface area contributed by atoms with Gasteiger partial charge < -0.3 is 44.0 Å². The van der Waals surface area contributed by atoms with E-state index in [1.165, 1.54) is 11.8 Å². The van der Waals surface area contributed by atoms with Gasteiger partial charge in [-0.15, -0.1) is 0 Å². The summed E-state index contributed by atoms with van der Waals surface area (Å²) >= 11 is 1.41. The Kier molecular flexibility index (Phi) is 16.9. The first-order valence-electron chi connectivity index (χ1n) is 11.6. The van der Waals surface area contributed by atoms with E-state index in [2.05, 4.69) is 16.0 Å². The highest BCUT2D eigenvalue weighted by Crippen LogP contribution is 2.07. The van der Waals surface area contributed by atoms with Crippen molar-refractivity contribution in [2.45, 2.75) is 75.5 Å². The summed E-state index contributed by atoms with van der Waals surface area (Å²) in [5, 5.41) is 16.8. The van der Waals surface area contributed by atoms with Gasteiger partial charge in [-0.05, 0) is 57.1 Å². The Morgan fingerprint density at radius 1 is 0.750 bits per heavy atom. The molecule has 5 amide bonds. The van der Waals surface area contributed by atoms with Gasteiger partial charge in [0.2, 0.25) is 29.5 Å². The average Bonchev–Trinajstić information content (AvgIpc) is 2.81. The van der Waals surface area contributed by atoms with Crippen molar-refractivity contribution >= 4 is 47.3 Å². The van der Waals surface area contributed by atoms with Crippen LogP contribution in [0.1, 0.15) is 51.4 Å². The lowest BCUT2D eigenvalue weighted by Crippen LogP contribution is -2.57. The Hall–Kier alpha value is -2.91. The number of nitrogens with one attached hydrogen (secondary N) is 3. The summed E-state index contributed by atoms with van der Waals surface area (Å²) in [5.41, 5.74) is 21.4. The molecule has 12 N–H and O–H groups in total.